The van der Waals surface area contributed by atoms with Crippen LogP contribution in [0.3, 0.4) is 0 Å². The van der Waals surface area contributed by atoms with Crippen LogP contribution >= 0.6 is 0 Å². The summed E-state index contributed by atoms with van der Waals surface area (Å²) >= 11 is 0. The average molecular weight is 357 g/mol. The van der Waals surface area contributed by atoms with E-state index >= 15 is 0 Å². The van der Waals surface area contributed by atoms with Gasteiger partial charge in [-0.1, -0.05) is 49.6 Å². The van der Waals surface area contributed by atoms with E-state index in [4.69, 9.17) is 0 Å². The van der Waals surface area contributed by atoms with Crippen LogP contribution in [0.5, 0.6) is 0 Å². The summed E-state index contributed by atoms with van der Waals surface area (Å²) in [5, 5.41) is 3.08. The fourth-order valence-electron chi connectivity index (χ4n) is 4.28. The molecule has 2 fully saturated rings. The molecule has 0 aromatic heterocycles. The maximum atomic E-state index is 12.5. The fourth-order valence-corrected chi connectivity index (χ4v) is 4.28. The van der Waals surface area contributed by atoms with Crippen LogP contribution in [0.15, 0.2) is 30.3 Å². The average Bonchev–Trinajstić information content (AvgIpc) is 2.68. The molecule has 142 valence electrons. The van der Waals surface area contributed by atoms with Crippen molar-refractivity contribution < 1.29 is 9.59 Å². The van der Waals surface area contributed by atoms with E-state index in [9.17, 15) is 9.59 Å². The van der Waals surface area contributed by atoms with Crippen LogP contribution < -0.4 is 5.32 Å². The molecule has 2 amide bonds. The summed E-state index contributed by atoms with van der Waals surface area (Å²) in [6.45, 7) is 2.18. The third-order valence-corrected chi connectivity index (χ3v) is 5.86. The number of aryl methyl sites for hydroxylation is 1. The molecule has 26 heavy (non-hydrogen) atoms. The Balaban J connectivity index is 1.39. The molecule has 3 rings (SSSR count). The Morgan fingerprint density at radius 1 is 1.08 bits per heavy atom. The highest BCUT2D eigenvalue weighted by Crippen LogP contribution is 2.27. The summed E-state index contributed by atoms with van der Waals surface area (Å²) in [4.78, 5) is 26.7. The standard InChI is InChI=1S/C22H32N2O2/c25-21-14-13-20(17-24(21)16-19-10-5-2-6-11-19)22(26)23-15-7-12-18-8-3-1-4-9-18/h1,3-4,8-9,19-20H,2,5-7,10-17H2,(H,23,26). The first kappa shape index (κ1) is 18.9. The number of likely N-dealkylation sites (tertiary alicyclic amines) is 1. The number of hydrogen-bond donors (Lipinski definition) is 1. The van der Waals surface area contributed by atoms with Crippen molar-refractivity contribution in [2.45, 2.75) is 57.8 Å². The molecule has 4 nitrogen and oxygen atoms in total. The van der Waals surface area contributed by atoms with E-state index in [2.05, 4.69) is 17.4 Å². The first-order valence-electron chi connectivity index (χ1n) is 10.3. The molecule has 1 aromatic carbocycles. The minimum atomic E-state index is -0.0342. The molecule has 2 aliphatic rings. The molecule has 1 aromatic rings. The normalized spacial score (nSPS) is 21.6. The van der Waals surface area contributed by atoms with Crippen molar-refractivity contribution in [3.8, 4) is 0 Å². The van der Waals surface area contributed by atoms with Gasteiger partial charge in [0.05, 0.1) is 5.92 Å². The van der Waals surface area contributed by atoms with Gasteiger partial charge in [-0.15, -0.1) is 0 Å². The zero-order valence-corrected chi connectivity index (χ0v) is 15.8. The van der Waals surface area contributed by atoms with Gasteiger partial charge in [-0.3, -0.25) is 9.59 Å². The molecule has 1 saturated carbocycles. The maximum absolute atomic E-state index is 12.5. The molecule has 0 spiro atoms. The van der Waals surface area contributed by atoms with E-state index in [1.54, 1.807) is 0 Å². The molecular weight excluding hydrogens is 324 g/mol. The van der Waals surface area contributed by atoms with E-state index in [1.807, 2.05) is 23.1 Å². The fraction of sp³-hybridized carbons (Fsp3) is 0.636. The number of amides is 2. The van der Waals surface area contributed by atoms with Crippen LogP contribution in [0, 0.1) is 11.8 Å². The van der Waals surface area contributed by atoms with Crippen molar-refractivity contribution in [3.63, 3.8) is 0 Å². The van der Waals surface area contributed by atoms with E-state index in [-0.39, 0.29) is 17.7 Å². The highest BCUT2D eigenvalue weighted by molar-refractivity contribution is 5.83. The number of nitrogens with zero attached hydrogens (tertiary/aromatic N) is 1. The van der Waals surface area contributed by atoms with Crippen LogP contribution in [0.25, 0.3) is 0 Å². The predicted octanol–water partition coefficient (Wildman–Crippen LogP) is 3.55. The van der Waals surface area contributed by atoms with Crippen molar-refractivity contribution in [2.75, 3.05) is 19.6 Å². The lowest BCUT2D eigenvalue weighted by molar-refractivity contribution is -0.139. The van der Waals surface area contributed by atoms with Gasteiger partial charge in [0.1, 0.15) is 0 Å². The molecule has 1 atom stereocenters. The van der Waals surface area contributed by atoms with Crippen LogP contribution in [0.1, 0.15) is 56.9 Å². The third-order valence-electron chi connectivity index (χ3n) is 5.86. The molecule has 0 radical (unpaired) electrons. The summed E-state index contributed by atoms with van der Waals surface area (Å²) in [7, 11) is 0. The predicted molar refractivity (Wildman–Crippen MR) is 104 cm³/mol. The van der Waals surface area contributed by atoms with Gasteiger partial charge in [0, 0.05) is 26.1 Å². The Hall–Kier alpha value is -1.84. The third kappa shape index (κ3) is 5.58. The monoisotopic (exact) mass is 356 g/mol. The van der Waals surface area contributed by atoms with Gasteiger partial charge in [0.2, 0.25) is 11.8 Å². The number of piperidine rings is 1. The van der Waals surface area contributed by atoms with Gasteiger partial charge in [0.15, 0.2) is 0 Å². The Morgan fingerprint density at radius 3 is 2.62 bits per heavy atom. The van der Waals surface area contributed by atoms with Crippen LogP contribution in [0.4, 0.5) is 0 Å². The minimum absolute atomic E-state index is 0.0342. The van der Waals surface area contributed by atoms with Gasteiger partial charge < -0.3 is 10.2 Å². The molecule has 1 unspecified atom stereocenters. The lowest BCUT2D eigenvalue weighted by Crippen LogP contribution is -2.47. The van der Waals surface area contributed by atoms with Crippen LogP contribution in [-0.2, 0) is 16.0 Å². The van der Waals surface area contributed by atoms with Crippen molar-refractivity contribution in [1.29, 1.82) is 0 Å². The lowest BCUT2D eigenvalue weighted by atomic mass is 9.87. The Morgan fingerprint density at radius 2 is 1.85 bits per heavy atom. The summed E-state index contributed by atoms with van der Waals surface area (Å²) in [6.07, 6.45) is 9.54. The van der Waals surface area contributed by atoms with Crippen LogP contribution in [-0.4, -0.2) is 36.3 Å². The summed E-state index contributed by atoms with van der Waals surface area (Å²) in [5.41, 5.74) is 1.31. The van der Waals surface area contributed by atoms with Gasteiger partial charge >= 0.3 is 0 Å². The summed E-state index contributed by atoms with van der Waals surface area (Å²) in [6, 6.07) is 10.4. The number of rotatable bonds is 7. The molecule has 1 N–H and O–H groups in total. The van der Waals surface area contributed by atoms with Gasteiger partial charge in [-0.25, -0.2) is 0 Å². The van der Waals surface area contributed by atoms with Gasteiger partial charge in [0.25, 0.3) is 0 Å². The van der Waals surface area contributed by atoms with Crippen molar-refractivity contribution in [1.82, 2.24) is 10.2 Å². The lowest BCUT2D eigenvalue weighted by Gasteiger charge is -2.35. The van der Waals surface area contributed by atoms with E-state index in [0.717, 1.165) is 19.4 Å². The second kappa shape index (κ2) is 9.75. The second-order valence-corrected chi connectivity index (χ2v) is 7.92. The Kier molecular flexibility index (Phi) is 7.10. The Bertz CT molecular complexity index is 581. The van der Waals surface area contributed by atoms with E-state index in [0.29, 0.717) is 31.8 Å². The Labute approximate surface area is 157 Å². The maximum Gasteiger partial charge on any atom is 0.224 e. The second-order valence-electron chi connectivity index (χ2n) is 7.92. The first-order valence-corrected chi connectivity index (χ1v) is 10.3. The number of nitrogens with one attached hydrogen (secondary N) is 1. The zero-order chi connectivity index (χ0) is 18.2. The molecule has 4 heteroatoms. The topological polar surface area (TPSA) is 49.4 Å². The highest BCUT2D eigenvalue weighted by atomic mass is 16.2. The number of carbonyl (C=O) groups excluding carboxylic acids is 2. The number of benzene rings is 1. The first-order chi connectivity index (χ1) is 12.7. The summed E-state index contributed by atoms with van der Waals surface area (Å²) in [5.74, 6) is 0.969. The van der Waals surface area contributed by atoms with Gasteiger partial charge in [-0.05, 0) is 43.6 Å². The molecule has 0 bridgehead atoms. The minimum Gasteiger partial charge on any atom is -0.356 e. The number of hydrogen-bond acceptors (Lipinski definition) is 2. The molecule has 1 heterocycles. The van der Waals surface area contributed by atoms with E-state index < -0.39 is 0 Å². The van der Waals surface area contributed by atoms with Crippen molar-refractivity contribution in [3.05, 3.63) is 35.9 Å². The summed E-state index contributed by atoms with van der Waals surface area (Å²) < 4.78 is 0. The zero-order valence-electron chi connectivity index (χ0n) is 15.8. The largest absolute Gasteiger partial charge is 0.356 e. The number of carbonyl (C=O) groups is 2. The molecular formula is C22H32N2O2. The highest BCUT2D eigenvalue weighted by Gasteiger charge is 2.31. The van der Waals surface area contributed by atoms with E-state index in [1.165, 1.54) is 37.7 Å². The smallest absolute Gasteiger partial charge is 0.224 e. The van der Waals surface area contributed by atoms with Gasteiger partial charge in [-0.2, -0.15) is 0 Å². The van der Waals surface area contributed by atoms with Crippen LogP contribution in [0.2, 0.25) is 0 Å². The molecule has 1 saturated heterocycles. The SMILES string of the molecule is O=C(NCCCc1ccccc1)C1CCC(=O)N(CC2CCCCC2)C1. The van der Waals surface area contributed by atoms with Crippen molar-refractivity contribution in [2.24, 2.45) is 11.8 Å². The van der Waals surface area contributed by atoms with Crippen molar-refractivity contribution >= 4 is 11.8 Å². The quantitative estimate of drug-likeness (QED) is 0.760. The molecule has 1 aliphatic heterocycles. The molecule has 1 aliphatic carbocycles.